The Morgan fingerprint density at radius 3 is 2.57 bits per heavy atom. The van der Waals surface area contributed by atoms with E-state index in [0.29, 0.717) is 32.5 Å². The fourth-order valence-corrected chi connectivity index (χ4v) is 4.52. The highest BCUT2D eigenvalue weighted by Gasteiger charge is 2.31. The average molecular weight is 338 g/mol. The Morgan fingerprint density at radius 1 is 1.26 bits per heavy atom. The van der Waals surface area contributed by atoms with E-state index < -0.39 is 10.2 Å². The third kappa shape index (κ3) is 2.82. The number of aromatic nitrogens is 2. The molecule has 1 aromatic heterocycles. The van der Waals surface area contributed by atoms with Gasteiger partial charge in [-0.25, -0.2) is 4.79 Å². The minimum absolute atomic E-state index is 0.0250. The van der Waals surface area contributed by atoms with Crippen molar-refractivity contribution < 1.29 is 8.42 Å². The fraction of sp³-hybridized carbons (Fsp3) is 0.533. The minimum atomic E-state index is -3.39. The van der Waals surface area contributed by atoms with E-state index in [1.54, 1.807) is 11.6 Å². The highest BCUT2D eigenvalue weighted by atomic mass is 32.2. The highest BCUT2D eigenvalue weighted by molar-refractivity contribution is 7.86. The van der Waals surface area contributed by atoms with Crippen LogP contribution in [0.1, 0.15) is 25.8 Å². The second kappa shape index (κ2) is 6.10. The predicted molar refractivity (Wildman–Crippen MR) is 89.6 cm³/mol. The van der Waals surface area contributed by atoms with Crippen LogP contribution in [0, 0.1) is 0 Å². The topological polar surface area (TPSA) is 78.4 Å². The summed E-state index contributed by atoms with van der Waals surface area (Å²) in [4.78, 5) is 15.1. The molecule has 1 aliphatic heterocycles. The molecule has 0 unspecified atom stereocenters. The van der Waals surface area contributed by atoms with Gasteiger partial charge in [-0.15, -0.1) is 0 Å². The number of piperidine rings is 1. The molecule has 0 spiro atoms. The normalized spacial score (nSPS) is 18.0. The first-order chi connectivity index (χ1) is 10.9. The molecular weight excluding hydrogens is 316 g/mol. The quantitative estimate of drug-likeness (QED) is 0.909. The molecule has 0 saturated carbocycles. The van der Waals surface area contributed by atoms with Crippen molar-refractivity contribution in [2.75, 3.05) is 26.7 Å². The van der Waals surface area contributed by atoms with Gasteiger partial charge in [0.1, 0.15) is 0 Å². The summed E-state index contributed by atoms with van der Waals surface area (Å²) in [5, 5.41) is 0. The zero-order valence-electron chi connectivity index (χ0n) is 13.4. The monoisotopic (exact) mass is 338 g/mol. The van der Waals surface area contributed by atoms with Crippen molar-refractivity contribution in [2.45, 2.75) is 25.8 Å². The molecular formula is C15H22N4O3S. The number of nitrogens with zero attached hydrogens (tertiary/aromatic N) is 3. The van der Waals surface area contributed by atoms with Crippen LogP contribution in [0.2, 0.25) is 0 Å². The summed E-state index contributed by atoms with van der Waals surface area (Å²) in [7, 11) is -1.80. The van der Waals surface area contributed by atoms with Crippen LogP contribution in [0.15, 0.2) is 29.1 Å². The second-order valence-electron chi connectivity index (χ2n) is 5.87. The van der Waals surface area contributed by atoms with Crippen LogP contribution in [-0.2, 0) is 10.2 Å². The lowest BCUT2D eigenvalue weighted by atomic mass is 10.1. The number of aromatic amines is 1. The first kappa shape index (κ1) is 16.2. The maximum atomic E-state index is 12.4. The summed E-state index contributed by atoms with van der Waals surface area (Å²) < 4.78 is 29.4. The lowest BCUT2D eigenvalue weighted by molar-refractivity contribution is 0.261. The van der Waals surface area contributed by atoms with Gasteiger partial charge < -0.3 is 4.98 Å². The number of fused-ring (bicyclic) bond motifs is 1. The van der Waals surface area contributed by atoms with Crippen molar-refractivity contribution >= 4 is 21.2 Å². The van der Waals surface area contributed by atoms with E-state index >= 15 is 0 Å². The first-order valence-electron chi connectivity index (χ1n) is 7.85. The Labute approximate surface area is 135 Å². The SMILES string of the molecule is CCN(C)S(=O)(=O)N1CCC(n2c(=O)[nH]c3ccccc32)CC1. The summed E-state index contributed by atoms with van der Waals surface area (Å²) >= 11 is 0. The number of imidazole rings is 1. The molecule has 2 aromatic rings. The van der Waals surface area contributed by atoms with Crippen LogP contribution < -0.4 is 5.69 Å². The Kier molecular flexibility index (Phi) is 4.31. The van der Waals surface area contributed by atoms with Gasteiger partial charge in [-0.3, -0.25) is 4.57 Å². The first-order valence-corrected chi connectivity index (χ1v) is 9.25. The van der Waals surface area contributed by atoms with Gasteiger partial charge in [0.15, 0.2) is 0 Å². The molecule has 2 heterocycles. The molecule has 23 heavy (non-hydrogen) atoms. The van der Waals surface area contributed by atoms with Gasteiger partial charge in [-0.1, -0.05) is 19.1 Å². The van der Waals surface area contributed by atoms with Crippen LogP contribution in [0.3, 0.4) is 0 Å². The summed E-state index contributed by atoms with van der Waals surface area (Å²) in [6, 6.07) is 7.61. The van der Waals surface area contributed by atoms with Crippen molar-refractivity contribution in [2.24, 2.45) is 0 Å². The zero-order valence-corrected chi connectivity index (χ0v) is 14.2. The molecule has 1 aromatic carbocycles. The Hall–Kier alpha value is -1.64. The lowest BCUT2D eigenvalue weighted by Gasteiger charge is -2.33. The number of hydrogen-bond acceptors (Lipinski definition) is 3. The molecule has 8 heteroatoms. The van der Waals surface area contributed by atoms with Gasteiger partial charge in [0.2, 0.25) is 0 Å². The maximum absolute atomic E-state index is 12.4. The molecule has 7 nitrogen and oxygen atoms in total. The summed E-state index contributed by atoms with van der Waals surface area (Å²) in [6.45, 7) is 3.13. The minimum Gasteiger partial charge on any atom is -0.306 e. The van der Waals surface area contributed by atoms with Gasteiger partial charge in [0.05, 0.1) is 11.0 Å². The predicted octanol–water partition coefficient (Wildman–Crippen LogP) is 1.16. The van der Waals surface area contributed by atoms with Gasteiger partial charge >= 0.3 is 5.69 Å². The second-order valence-corrected chi connectivity index (χ2v) is 7.90. The molecule has 126 valence electrons. The average Bonchev–Trinajstić information content (AvgIpc) is 2.89. The molecule has 1 aliphatic rings. The van der Waals surface area contributed by atoms with E-state index in [1.807, 2.05) is 31.2 Å². The van der Waals surface area contributed by atoms with Crippen molar-refractivity contribution in [1.82, 2.24) is 18.2 Å². The third-order valence-corrected chi connectivity index (χ3v) is 6.64. The zero-order chi connectivity index (χ0) is 16.6. The molecule has 0 radical (unpaired) electrons. The number of nitrogens with one attached hydrogen (secondary N) is 1. The molecule has 0 amide bonds. The molecule has 1 N–H and O–H groups in total. The number of rotatable bonds is 4. The van der Waals surface area contributed by atoms with E-state index in [-0.39, 0.29) is 11.7 Å². The number of hydrogen-bond donors (Lipinski definition) is 1. The van der Waals surface area contributed by atoms with Crippen LogP contribution >= 0.6 is 0 Å². The van der Waals surface area contributed by atoms with Gasteiger partial charge in [-0.2, -0.15) is 17.0 Å². The van der Waals surface area contributed by atoms with Crippen LogP contribution in [-0.4, -0.2) is 53.3 Å². The summed E-state index contributed by atoms with van der Waals surface area (Å²) in [6.07, 6.45) is 1.27. The smallest absolute Gasteiger partial charge is 0.306 e. The van der Waals surface area contributed by atoms with Crippen LogP contribution in [0.25, 0.3) is 11.0 Å². The number of benzene rings is 1. The molecule has 1 saturated heterocycles. The Balaban J connectivity index is 1.82. The van der Waals surface area contributed by atoms with Crippen molar-refractivity contribution in [3.63, 3.8) is 0 Å². The highest BCUT2D eigenvalue weighted by Crippen LogP contribution is 2.26. The van der Waals surface area contributed by atoms with Crippen LogP contribution in [0.5, 0.6) is 0 Å². The third-order valence-electron chi connectivity index (χ3n) is 4.58. The van der Waals surface area contributed by atoms with Crippen molar-refractivity contribution in [3.05, 3.63) is 34.7 Å². The molecule has 3 rings (SSSR count). The van der Waals surface area contributed by atoms with Gasteiger partial charge in [0.25, 0.3) is 10.2 Å². The van der Waals surface area contributed by atoms with Crippen molar-refractivity contribution in [3.8, 4) is 0 Å². The fourth-order valence-electron chi connectivity index (χ4n) is 3.13. The standard InChI is InChI=1S/C15H22N4O3S/c1-3-17(2)23(21,22)18-10-8-12(9-11-18)19-14-7-5-4-6-13(14)16-15(19)20/h4-7,12H,3,8-11H2,1-2H3,(H,16,20). The van der Waals surface area contributed by atoms with E-state index in [9.17, 15) is 13.2 Å². The molecule has 0 atom stereocenters. The lowest BCUT2D eigenvalue weighted by Crippen LogP contribution is -2.46. The van der Waals surface area contributed by atoms with Gasteiger partial charge in [0, 0.05) is 32.7 Å². The Morgan fingerprint density at radius 2 is 1.91 bits per heavy atom. The molecule has 1 fully saturated rings. The van der Waals surface area contributed by atoms with E-state index in [0.717, 1.165) is 11.0 Å². The van der Waals surface area contributed by atoms with E-state index in [4.69, 9.17) is 0 Å². The Bertz CT molecular complexity index is 847. The molecule has 0 aliphatic carbocycles. The van der Waals surface area contributed by atoms with E-state index in [2.05, 4.69) is 4.98 Å². The van der Waals surface area contributed by atoms with Gasteiger partial charge in [-0.05, 0) is 25.0 Å². The summed E-state index contributed by atoms with van der Waals surface area (Å²) in [5.41, 5.74) is 1.57. The number of para-hydroxylation sites is 2. The van der Waals surface area contributed by atoms with Crippen molar-refractivity contribution in [1.29, 1.82) is 0 Å². The molecule has 0 bridgehead atoms. The maximum Gasteiger partial charge on any atom is 0.326 e. The largest absolute Gasteiger partial charge is 0.326 e. The summed E-state index contributed by atoms with van der Waals surface area (Å²) in [5.74, 6) is 0. The van der Waals surface area contributed by atoms with Crippen LogP contribution in [0.4, 0.5) is 0 Å². The number of H-pyrrole nitrogens is 1. The van der Waals surface area contributed by atoms with E-state index in [1.165, 1.54) is 8.61 Å².